The lowest BCUT2D eigenvalue weighted by atomic mass is 10.0. The van der Waals surface area contributed by atoms with Gasteiger partial charge in [0.2, 0.25) is 0 Å². The van der Waals surface area contributed by atoms with Gasteiger partial charge in [-0.25, -0.2) is 0 Å². The SMILES string of the molecule is CCN1CCN(C(C(=O)O)c2ccc(N(CC)CC)cc2)C(C)C1. The van der Waals surface area contributed by atoms with Gasteiger partial charge in [-0.15, -0.1) is 0 Å². The van der Waals surface area contributed by atoms with Crippen LogP contribution in [0.15, 0.2) is 24.3 Å². The van der Waals surface area contributed by atoms with Crippen molar-refractivity contribution in [3.8, 4) is 0 Å². The molecule has 2 rings (SSSR count). The molecule has 0 spiro atoms. The number of benzene rings is 1. The highest BCUT2D eigenvalue weighted by Gasteiger charge is 2.34. The van der Waals surface area contributed by atoms with E-state index in [-0.39, 0.29) is 6.04 Å². The van der Waals surface area contributed by atoms with Crippen molar-refractivity contribution < 1.29 is 9.90 Å². The van der Waals surface area contributed by atoms with Crippen LogP contribution in [0.25, 0.3) is 0 Å². The first-order valence-corrected chi connectivity index (χ1v) is 9.07. The Labute approximate surface area is 145 Å². The van der Waals surface area contributed by atoms with E-state index in [0.717, 1.165) is 50.5 Å². The molecule has 5 nitrogen and oxygen atoms in total. The van der Waals surface area contributed by atoms with Crippen molar-refractivity contribution in [1.82, 2.24) is 9.80 Å². The molecule has 1 N–H and O–H groups in total. The fourth-order valence-corrected chi connectivity index (χ4v) is 3.65. The minimum Gasteiger partial charge on any atom is -0.480 e. The Balaban J connectivity index is 2.20. The number of rotatable bonds is 7. The van der Waals surface area contributed by atoms with Crippen LogP contribution in [0.4, 0.5) is 5.69 Å². The zero-order chi connectivity index (χ0) is 17.7. The minimum atomic E-state index is -0.762. The summed E-state index contributed by atoms with van der Waals surface area (Å²) in [5, 5.41) is 9.82. The zero-order valence-electron chi connectivity index (χ0n) is 15.4. The molecule has 0 saturated carbocycles. The van der Waals surface area contributed by atoms with Crippen LogP contribution in [-0.4, -0.2) is 66.2 Å². The largest absolute Gasteiger partial charge is 0.480 e. The Kier molecular flexibility index (Phi) is 6.63. The Bertz CT molecular complexity index is 528. The van der Waals surface area contributed by atoms with Crippen LogP contribution in [0.5, 0.6) is 0 Å². The van der Waals surface area contributed by atoms with Gasteiger partial charge in [0, 0.05) is 44.5 Å². The summed E-state index contributed by atoms with van der Waals surface area (Å²) >= 11 is 0. The lowest BCUT2D eigenvalue weighted by Crippen LogP contribution is -2.54. The first-order valence-electron chi connectivity index (χ1n) is 9.07. The molecule has 1 aromatic carbocycles. The van der Waals surface area contributed by atoms with Gasteiger partial charge in [-0.05, 0) is 45.0 Å². The third-order valence-corrected chi connectivity index (χ3v) is 5.11. The summed E-state index contributed by atoms with van der Waals surface area (Å²) in [4.78, 5) is 18.7. The molecule has 134 valence electrons. The normalized spacial score (nSPS) is 20.8. The average Bonchev–Trinajstić information content (AvgIpc) is 2.58. The van der Waals surface area contributed by atoms with E-state index in [2.05, 4.69) is 42.4 Å². The molecule has 0 aromatic heterocycles. The van der Waals surface area contributed by atoms with Gasteiger partial charge < -0.3 is 14.9 Å². The predicted octanol–water partition coefficient (Wildman–Crippen LogP) is 2.68. The van der Waals surface area contributed by atoms with Crippen LogP contribution in [0.2, 0.25) is 0 Å². The summed E-state index contributed by atoms with van der Waals surface area (Å²) in [6, 6.07) is 7.72. The van der Waals surface area contributed by atoms with Crippen LogP contribution < -0.4 is 4.90 Å². The smallest absolute Gasteiger partial charge is 0.325 e. The number of likely N-dealkylation sites (N-methyl/N-ethyl adjacent to an activating group) is 1. The molecular formula is C19H31N3O2. The van der Waals surface area contributed by atoms with Crippen molar-refractivity contribution in [1.29, 1.82) is 0 Å². The Morgan fingerprint density at radius 2 is 1.83 bits per heavy atom. The maximum absolute atomic E-state index is 12.0. The van der Waals surface area contributed by atoms with E-state index in [1.807, 2.05) is 24.3 Å². The van der Waals surface area contributed by atoms with Gasteiger partial charge in [-0.3, -0.25) is 9.69 Å². The van der Waals surface area contributed by atoms with Crippen LogP contribution in [0, 0.1) is 0 Å². The average molecular weight is 333 g/mol. The molecule has 0 bridgehead atoms. The first kappa shape index (κ1) is 18.7. The molecule has 5 heteroatoms. The molecule has 0 amide bonds. The number of nitrogens with zero attached hydrogens (tertiary/aromatic N) is 3. The highest BCUT2D eigenvalue weighted by molar-refractivity contribution is 5.76. The molecule has 1 heterocycles. The molecular weight excluding hydrogens is 302 g/mol. The standard InChI is InChI=1S/C19H31N3O2/c1-5-20-12-13-22(15(4)14-20)18(19(23)24)16-8-10-17(11-9-16)21(6-2)7-3/h8-11,15,18H,5-7,12-14H2,1-4H3,(H,23,24). The van der Waals surface area contributed by atoms with Crippen LogP contribution in [0.3, 0.4) is 0 Å². The molecule has 1 aliphatic heterocycles. The fourth-order valence-electron chi connectivity index (χ4n) is 3.65. The second-order valence-corrected chi connectivity index (χ2v) is 6.48. The van der Waals surface area contributed by atoms with Gasteiger partial charge in [0.25, 0.3) is 0 Å². The lowest BCUT2D eigenvalue weighted by molar-refractivity contribution is -0.145. The second kappa shape index (κ2) is 8.49. The number of piperazine rings is 1. The number of carbonyl (C=O) groups is 1. The van der Waals surface area contributed by atoms with Crippen LogP contribution in [0.1, 0.15) is 39.3 Å². The summed E-state index contributed by atoms with van der Waals surface area (Å²) in [6.07, 6.45) is 0. The van der Waals surface area contributed by atoms with Gasteiger partial charge in [0.05, 0.1) is 0 Å². The lowest BCUT2D eigenvalue weighted by Gasteiger charge is -2.42. The third-order valence-electron chi connectivity index (χ3n) is 5.11. The number of aliphatic carboxylic acids is 1. The maximum Gasteiger partial charge on any atom is 0.325 e. The van der Waals surface area contributed by atoms with E-state index in [9.17, 15) is 9.90 Å². The summed E-state index contributed by atoms with van der Waals surface area (Å²) in [6.45, 7) is 14.1. The number of hydrogen-bond acceptors (Lipinski definition) is 4. The second-order valence-electron chi connectivity index (χ2n) is 6.48. The van der Waals surface area contributed by atoms with Crippen molar-refractivity contribution >= 4 is 11.7 Å². The van der Waals surface area contributed by atoms with E-state index in [0.29, 0.717) is 0 Å². The third kappa shape index (κ3) is 4.08. The van der Waals surface area contributed by atoms with E-state index in [1.54, 1.807) is 0 Å². The van der Waals surface area contributed by atoms with Crippen molar-refractivity contribution in [2.75, 3.05) is 44.2 Å². The number of hydrogen-bond donors (Lipinski definition) is 1. The first-order chi connectivity index (χ1) is 11.5. The van der Waals surface area contributed by atoms with E-state index in [1.165, 1.54) is 0 Å². The van der Waals surface area contributed by atoms with E-state index < -0.39 is 12.0 Å². The fraction of sp³-hybridized carbons (Fsp3) is 0.632. The van der Waals surface area contributed by atoms with Gasteiger partial charge in [0.15, 0.2) is 0 Å². The highest BCUT2D eigenvalue weighted by Crippen LogP contribution is 2.27. The molecule has 24 heavy (non-hydrogen) atoms. The molecule has 2 unspecified atom stereocenters. The number of anilines is 1. The Hall–Kier alpha value is -1.59. The Morgan fingerprint density at radius 3 is 2.29 bits per heavy atom. The summed E-state index contributed by atoms with van der Waals surface area (Å²) < 4.78 is 0. The molecule has 0 radical (unpaired) electrons. The predicted molar refractivity (Wildman–Crippen MR) is 98.7 cm³/mol. The van der Waals surface area contributed by atoms with Crippen molar-refractivity contribution in [2.45, 2.75) is 39.8 Å². The summed E-state index contributed by atoms with van der Waals surface area (Å²) in [7, 11) is 0. The zero-order valence-corrected chi connectivity index (χ0v) is 15.4. The molecule has 0 aliphatic carbocycles. The van der Waals surface area contributed by atoms with Crippen molar-refractivity contribution in [3.63, 3.8) is 0 Å². The topological polar surface area (TPSA) is 47.0 Å². The number of carboxylic acid groups (broad SMARTS) is 1. The van der Waals surface area contributed by atoms with Gasteiger partial charge in [-0.2, -0.15) is 0 Å². The van der Waals surface area contributed by atoms with Crippen molar-refractivity contribution in [2.24, 2.45) is 0 Å². The highest BCUT2D eigenvalue weighted by atomic mass is 16.4. The monoisotopic (exact) mass is 333 g/mol. The molecule has 2 atom stereocenters. The molecule has 1 saturated heterocycles. The molecule has 1 aromatic rings. The summed E-state index contributed by atoms with van der Waals surface area (Å²) in [5.41, 5.74) is 2.02. The van der Waals surface area contributed by atoms with Crippen LogP contribution in [-0.2, 0) is 4.79 Å². The molecule has 1 fully saturated rings. The Morgan fingerprint density at radius 1 is 1.21 bits per heavy atom. The quantitative estimate of drug-likeness (QED) is 0.831. The molecule has 1 aliphatic rings. The van der Waals surface area contributed by atoms with Gasteiger partial charge in [-0.1, -0.05) is 19.1 Å². The summed E-state index contributed by atoms with van der Waals surface area (Å²) in [5.74, 6) is -0.762. The van der Waals surface area contributed by atoms with Crippen molar-refractivity contribution in [3.05, 3.63) is 29.8 Å². The van der Waals surface area contributed by atoms with E-state index >= 15 is 0 Å². The van der Waals surface area contributed by atoms with Crippen LogP contribution >= 0.6 is 0 Å². The minimum absolute atomic E-state index is 0.238. The van der Waals surface area contributed by atoms with Gasteiger partial charge in [0.1, 0.15) is 6.04 Å². The maximum atomic E-state index is 12.0. The van der Waals surface area contributed by atoms with E-state index in [4.69, 9.17) is 0 Å². The van der Waals surface area contributed by atoms with Gasteiger partial charge >= 0.3 is 5.97 Å². The number of carboxylic acids is 1.